The van der Waals surface area contributed by atoms with E-state index in [-0.39, 0.29) is 11.3 Å². The van der Waals surface area contributed by atoms with Gasteiger partial charge in [-0.3, -0.25) is 15.1 Å². The van der Waals surface area contributed by atoms with Gasteiger partial charge in [-0.1, -0.05) is 45.0 Å². The Balaban J connectivity index is 1.12. The van der Waals surface area contributed by atoms with Crippen molar-refractivity contribution >= 4 is 39.9 Å². The molecule has 4 aromatic carbocycles. The van der Waals surface area contributed by atoms with Crippen LogP contribution in [0.15, 0.2) is 103 Å². The molecule has 0 fully saturated rings. The van der Waals surface area contributed by atoms with Crippen molar-refractivity contribution < 1.29 is 33.3 Å². The van der Waals surface area contributed by atoms with E-state index in [2.05, 4.69) is 41.7 Å². The Bertz CT molecular complexity index is 2410. The zero-order valence-corrected chi connectivity index (χ0v) is 35.9. The largest absolute Gasteiger partial charge is 0.497 e. The Morgan fingerprint density at radius 1 is 0.770 bits per heavy atom. The summed E-state index contributed by atoms with van der Waals surface area (Å²) < 4.78 is 29.6. The first-order valence-electron chi connectivity index (χ1n) is 20.1. The third-order valence-electron chi connectivity index (χ3n) is 9.66. The zero-order chi connectivity index (χ0) is 43.4. The molecule has 3 N–H and O–H groups in total. The molecule has 0 saturated carbocycles. The zero-order valence-electron chi connectivity index (χ0n) is 35.9. The van der Waals surface area contributed by atoms with Crippen molar-refractivity contribution in [1.29, 1.82) is 0 Å². The molecule has 14 nitrogen and oxygen atoms in total. The normalized spacial score (nSPS) is 11.3. The molecule has 320 valence electrons. The number of urea groups is 1. The molecule has 61 heavy (non-hydrogen) atoms. The summed E-state index contributed by atoms with van der Waals surface area (Å²) >= 11 is 0. The first-order valence-corrected chi connectivity index (χ1v) is 20.1. The summed E-state index contributed by atoms with van der Waals surface area (Å²) in [6, 6.07) is 30.0. The van der Waals surface area contributed by atoms with Crippen molar-refractivity contribution in [3.05, 3.63) is 126 Å². The van der Waals surface area contributed by atoms with E-state index in [1.807, 2.05) is 104 Å². The molecule has 0 radical (unpaired) electrons. The van der Waals surface area contributed by atoms with Crippen LogP contribution in [0.4, 0.5) is 22.0 Å². The number of hydrogen-bond acceptors (Lipinski definition) is 10. The second kappa shape index (κ2) is 20.7. The highest BCUT2D eigenvalue weighted by Gasteiger charge is 2.22. The fourth-order valence-corrected chi connectivity index (χ4v) is 6.43. The Labute approximate surface area is 357 Å². The number of hydrogen-bond donors (Lipinski definition) is 3. The number of anilines is 3. The van der Waals surface area contributed by atoms with Gasteiger partial charge >= 0.3 is 6.03 Å². The van der Waals surface area contributed by atoms with Gasteiger partial charge < -0.3 is 39.2 Å². The summed E-state index contributed by atoms with van der Waals surface area (Å²) in [5.74, 6) is 2.06. The molecule has 3 amide bonds. The van der Waals surface area contributed by atoms with E-state index in [1.165, 1.54) is 0 Å². The maximum atomic E-state index is 13.6. The lowest BCUT2D eigenvalue weighted by atomic mass is 9.92. The molecule has 0 saturated heterocycles. The van der Waals surface area contributed by atoms with E-state index in [9.17, 15) is 9.59 Å². The van der Waals surface area contributed by atoms with Crippen LogP contribution in [0.5, 0.6) is 17.2 Å². The Hall–Kier alpha value is -6.48. The number of carbonyl (C=O) groups excluding carboxylic acids is 2. The highest BCUT2D eigenvalue weighted by Crippen LogP contribution is 2.35. The molecule has 0 aliphatic heterocycles. The van der Waals surface area contributed by atoms with Gasteiger partial charge in [0, 0.05) is 85.6 Å². The average molecular weight is 830 g/mol. The number of fused-ring (bicyclic) bond motifs is 1. The number of benzene rings is 4. The number of ether oxygens (including phenoxy) is 5. The van der Waals surface area contributed by atoms with Gasteiger partial charge in [-0.25, -0.2) is 9.48 Å². The standard InChI is InChI=1S/C47H55N7O7/c1-47(2,3)43-31-44(54(52-43)36-14-12-35(13-15-36)53(4)5)51-46(56)50-41-16-17-42(40-11-9-8-10-39(40)41)61-37-18-19-48-34(30-37)27-32-26-33(29-38(28-32)58-7)45(55)49-20-21-59-24-25-60-23-22-57-6/h8-19,26,28-31H,20-25,27H2,1-7H3,(H,49,55)(H2,50,51,56). The van der Waals surface area contributed by atoms with Crippen molar-refractivity contribution in [2.45, 2.75) is 32.6 Å². The number of nitrogens with one attached hydrogen (secondary N) is 3. The first-order chi connectivity index (χ1) is 29.4. The Kier molecular flexibility index (Phi) is 14.9. The van der Waals surface area contributed by atoms with Gasteiger partial charge in [0.2, 0.25) is 0 Å². The van der Waals surface area contributed by atoms with E-state index in [4.69, 9.17) is 28.8 Å². The first kappa shape index (κ1) is 44.1. The van der Waals surface area contributed by atoms with Crippen LogP contribution in [0.3, 0.4) is 0 Å². The second-order valence-corrected chi connectivity index (χ2v) is 15.5. The van der Waals surface area contributed by atoms with E-state index in [1.54, 1.807) is 37.2 Å². The molecule has 2 aromatic heterocycles. The van der Waals surface area contributed by atoms with Gasteiger partial charge in [0.15, 0.2) is 0 Å². The van der Waals surface area contributed by atoms with Crippen LogP contribution in [0.1, 0.15) is 48.1 Å². The summed E-state index contributed by atoms with van der Waals surface area (Å²) in [7, 11) is 7.18. The second-order valence-electron chi connectivity index (χ2n) is 15.5. The minimum atomic E-state index is -0.410. The summed E-state index contributed by atoms with van der Waals surface area (Å²) in [6.07, 6.45) is 2.12. The predicted octanol–water partition coefficient (Wildman–Crippen LogP) is 8.23. The van der Waals surface area contributed by atoms with Crippen molar-refractivity contribution in [3.63, 3.8) is 0 Å². The Morgan fingerprint density at radius 2 is 1.51 bits per heavy atom. The molecular formula is C47H55N7O7. The summed E-state index contributed by atoms with van der Waals surface area (Å²) in [4.78, 5) is 33.3. The lowest BCUT2D eigenvalue weighted by Crippen LogP contribution is -2.27. The van der Waals surface area contributed by atoms with Crippen LogP contribution in [0.2, 0.25) is 0 Å². The van der Waals surface area contributed by atoms with Crippen LogP contribution in [-0.2, 0) is 26.0 Å². The van der Waals surface area contributed by atoms with E-state index >= 15 is 0 Å². The lowest BCUT2D eigenvalue weighted by molar-refractivity contribution is 0.0255. The fourth-order valence-electron chi connectivity index (χ4n) is 6.43. The van der Waals surface area contributed by atoms with Crippen LogP contribution in [0.25, 0.3) is 16.5 Å². The van der Waals surface area contributed by atoms with Gasteiger partial charge in [-0.05, 0) is 66.2 Å². The van der Waals surface area contributed by atoms with Crippen LogP contribution < -0.4 is 30.3 Å². The molecular weight excluding hydrogens is 775 g/mol. The smallest absolute Gasteiger partial charge is 0.324 e. The molecule has 6 aromatic rings. The van der Waals surface area contributed by atoms with Crippen molar-refractivity contribution in [3.8, 4) is 22.9 Å². The molecule has 14 heteroatoms. The number of pyridine rings is 1. The van der Waals surface area contributed by atoms with Crippen LogP contribution >= 0.6 is 0 Å². The number of carbonyl (C=O) groups is 2. The van der Waals surface area contributed by atoms with Gasteiger partial charge in [0.1, 0.15) is 23.1 Å². The van der Waals surface area contributed by atoms with E-state index < -0.39 is 6.03 Å². The molecule has 0 unspecified atom stereocenters. The minimum Gasteiger partial charge on any atom is -0.497 e. The highest BCUT2D eigenvalue weighted by molar-refractivity contribution is 6.07. The van der Waals surface area contributed by atoms with Gasteiger partial charge in [0.25, 0.3) is 5.91 Å². The molecule has 0 aliphatic carbocycles. The van der Waals surface area contributed by atoms with Crippen LogP contribution in [0, 0.1) is 0 Å². The van der Waals surface area contributed by atoms with Crippen molar-refractivity contribution in [1.82, 2.24) is 20.1 Å². The quantitative estimate of drug-likeness (QED) is 0.0682. The fraction of sp³-hybridized carbons (Fsp3) is 0.319. The predicted molar refractivity (Wildman–Crippen MR) is 239 cm³/mol. The lowest BCUT2D eigenvalue weighted by Gasteiger charge is -2.15. The SMILES string of the molecule is COCCOCCOCCNC(=O)c1cc(Cc2cc(Oc3ccc(NC(=O)Nc4cc(C(C)(C)C)nn4-c4ccc(N(C)C)cc4)c4ccccc34)ccn2)cc(OC)c1. The van der Waals surface area contributed by atoms with Gasteiger partial charge in [0.05, 0.1) is 57.2 Å². The van der Waals surface area contributed by atoms with Gasteiger partial charge in [-0.15, -0.1) is 0 Å². The molecule has 6 rings (SSSR count). The molecule has 0 atom stereocenters. The number of rotatable bonds is 19. The van der Waals surface area contributed by atoms with Gasteiger partial charge in [-0.2, -0.15) is 5.10 Å². The maximum absolute atomic E-state index is 13.6. The molecule has 0 spiro atoms. The number of nitrogens with zero attached hydrogens (tertiary/aromatic N) is 4. The van der Waals surface area contributed by atoms with E-state index in [0.717, 1.165) is 39.1 Å². The maximum Gasteiger partial charge on any atom is 0.324 e. The molecule has 0 bridgehead atoms. The van der Waals surface area contributed by atoms with Crippen LogP contribution in [-0.4, -0.2) is 94.6 Å². The van der Waals surface area contributed by atoms with Crippen molar-refractivity contribution in [2.75, 3.05) is 83.4 Å². The third-order valence-corrected chi connectivity index (χ3v) is 9.66. The average Bonchev–Trinajstić information content (AvgIpc) is 3.68. The van der Waals surface area contributed by atoms with E-state index in [0.29, 0.717) is 80.3 Å². The summed E-state index contributed by atoms with van der Waals surface area (Å²) in [5, 5.41) is 15.5. The Morgan fingerprint density at radius 3 is 2.23 bits per heavy atom. The third kappa shape index (κ3) is 12.1. The monoisotopic (exact) mass is 829 g/mol. The minimum absolute atomic E-state index is 0.236. The topological polar surface area (TPSA) is 150 Å². The number of methoxy groups -OCH3 is 2. The molecule has 0 aliphatic rings. The summed E-state index contributed by atoms with van der Waals surface area (Å²) in [5.41, 5.74) is 5.15. The number of aromatic nitrogens is 3. The van der Waals surface area contributed by atoms with Crippen molar-refractivity contribution in [2.24, 2.45) is 0 Å². The summed E-state index contributed by atoms with van der Waals surface area (Å²) in [6.45, 7) is 8.90. The molecule has 2 heterocycles. The highest BCUT2D eigenvalue weighted by atomic mass is 16.5. The number of amides is 3.